The molecule has 2 nitrogen and oxygen atoms in total. The second kappa shape index (κ2) is 4.96. The van der Waals surface area contributed by atoms with E-state index in [0.717, 1.165) is 23.8 Å². The van der Waals surface area contributed by atoms with Crippen LogP contribution >= 0.6 is 11.6 Å². The Morgan fingerprint density at radius 3 is 2.75 bits per heavy atom. The van der Waals surface area contributed by atoms with Crippen molar-refractivity contribution < 1.29 is 4.74 Å². The van der Waals surface area contributed by atoms with E-state index in [2.05, 4.69) is 0 Å². The van der Waals surface area contributed by atoms with Crippen LogP contribution in [0.15, 0.2) is 12.1 Å². The Labute approximate surface area is 102 Å². The number of halogens is 1. The number of hydrogen-bond donors (Lipinski definition) is 1. The highest BCUT2D eigenvalue weighted by atomic mass is 35.5. The Morgan fingerprint density at radius 1 is 1.38 bits per heavy atom. The number of benzene rings is 1. The monoisotopic (exact) mass is 239 g/mol. The molecule has 0 spiro atoms. The van der Waals surface area contributed by atoms with Crippen LogP contribution in [-0.4, -0.2) is 6.61 Å². The second-order valence-electron chi connectivity index (χ2n) is 4.60. The molecule has 16 heavy (non-hydrogen) atoms. The molecule has 0 saturated heterocycles. The molecule has 88 valence electrons. The Kier molecular flexibility index (Phi) is 3.59. The van der Waals surface area contributed by atoms with Gasteiger partial charge in [-0.15, -0.1) is 0 Å². The predicted octanol–water partition coefficient (Wildman–Crippen LogP) is 3.80. The molecule has 1 aromatic carbocycles. The Morgan fingerprint density at radius 2 is 2.06 bits per heavy atom. The topological polar surface area (TPSA) is 35.2 Å². The van der Waals surface area contributed by atoms with Gasteiger partial charge in [-0.25, -0.2) is 0 Å². The standard InChI is InChI=1S/C13H18ClNO/c1-9-6-12(15)11(14)7-13(9)16-8-10-4-2-3-5-10/h6-7,10H,2-5,8,15H2,1H3. The number of anilines is 1. The van der Waals surface area contributed by atoms with Crippen LogP contribution in [0.25, 0.3) is 0 Å². The number of ether oxygens (including phenoxy) is 1. The van der Waals surface area contributed by atoms with Gasteiger partial charge in [0.15, 0.2) is 0 Å². The van der Waals surface area contributed by atoms with Crippen LogP contribution in [0.2, 0.25) is 5.02 Å². The zero-order valence-electron chi connectivity index (χ0n) is 9.63. The minimum atomic E-state index is 0.576. The summed E-state index contributed by atoms with van der Waals surface area (Å²) >= 11 is 5.98. The molecule has 0 radical (unpaired) electrons. The van der Waals surface area contributed by atoms with Gasteiger partial charge in [0, 0.05) is 6.07 Å². The summed E-state index contributed by atoms with van der Waals surface area (Å²) in [7, 11) is 0. The highest BCUT2D eigenvalue weighted by Crippen LogP contribution is 2.30. The SMILES string of the molecule is Cc1cc(N)c(Cl)cc1OCC1CCCC1. The van der Waals surface area contributed by atoms with Crippen molar-refractivity contribution in [3.05, 3.63) is 22.7 Å². The summed E-state index contributed by atoms with van der Waals surface area (Å²) in [6.45, 7) is 2.80. The maximum atomic E-state index is 5.98. The van der Waals surface area contributed by atoms with E-state index >= 15 is 0 Å². The van der Waals surface area contributed by atoms with Crippen molar-refractivity contribution in [1.29, 1.82) is 0 Å². The van der Waals surface area contributed by atoms with E-state index in [-0.39, 0.29) is 0 Å². The molecule has 3 heteroatoms. The second-order valence-corrected chi connectivity index (χ2v) is 5.01. The first-order chi connectivity index (χ1) is 7.66. The molecule has 1 saturated carbocycles. The lowest BCUT2D eigenvalue weighted by Gasteiger charge is -2.14. The van der Waals surface area contributed by atoms with Crippen LogP contribution in [-0.2, 0) is 0 Å². The fourth-order valence-corrected chi connectivity index (χ4v) is 2.38. The smallest absolute Gasteiger partial charge is 0.123 e. The van der Waals surface area contributed by atoms with E-state index < -0.39 is 0 Å². The zero-order valence-corrected chi connectivity index (χ0v) is 10.4. The van der Waals surface area contributed by atoms with E-state index in [1.54, 1.807) is 0 Å². The molecule has 0 unspecified atom stereocenters. The normalized spacial score (nSPS) is 16.6. The molecule has 0 amide bonds. The molecule has 2 N–H and O–H groups in total. The lowest BCUT2D eigenvalue weighted by Crippen LogP contribution is -2.08. The Bertz CT molecular complexity index is 372. The molecule has 1 aromatic rings. The van der Waals surface area contributed by atoms with E-state index in [4.69, 9.17) is 22.1 Å². The van der Waals surface area contributed by atoms with Crippen LogP contribution in [0.5, 0.6) is 5.75 Å². The molecular weight excluding hydrogens is 222 g/mol. The largest absolute Gasteiger partial charge is 0.493 e. The molecule has 0 heterocycles. The van der Waals surface area contributed by atoms with Crippen LogP contribution < -0.4 is 10.5 Å². The van der Waals surface area contributed by atoms with E-state index in [9.17, 15) is 0 Å². The Hall–Kier alpha value is -0.890. The average molecular weight is 240 g/mol. The number of nitrogen functional groups attached to an aromatic ring is 1. The van der Waals surface area contributed by atoms with E-state index in [1.165, 1.54) is 25.7 Å². The van der Waals surface area contributed by atoms with Crippen molar-refractivity contribution in [1.82, 2.24) is 0 Å². The summed E-state index contributed by atoms with van der Waals surface area (Å²) in [6.07, 6.45) is 5.27. The molecule has 0 atom stereocenters. The summed E-state index contributed by atoms with van der Waals surface area (Å²) in [4.78, 5) is 0. The van der Waals surface area contributed by atoms with Gasteiger partial charge < -0.3 is 10.5 Å². The lowest BCUT2D eigenvalue weighted by molar-refractivity contribution is 0.251. The maximum absolute atomic E-state index is 5.98. The Balaban J connectivity index is 2.00. The number of hydrogen-bond acceptors (Lipinski definition) is 2. The van der Waals surface area contributed by atoms with Crippen molar-refractivity contribution in [2.45, 2.75) is 32.6 Å². The maximum Gasteiger partial charge on any atom is 0.123 e. The van der Waals surface area contributed by atoms with Gasteiger partial charge in [0.05, 0.1) is 17.3 Å². The third-order valence-corrected chi connectivity index (χ3v) is 3.57. The summed E-state index contributed by atoms with van der Waals surface area (Å²) in [6, 6.07) is 3.69. The number of aryl methyl sites for hydroxylation is 1. The molecule has 0 aliphatic heterocycles. The summed E-state index contributed by atoms with van der Waals surface area (Å²) in [5.74, 6) is 1.59. The fraction of sp³-hybridized carbons (Fsp3) is 0.538. The quantitative estimate of drug-likeness (QED) is 0.815. The van der Waals surface area contributed by atoms with Gasteiger partial charge in [-0.1, -0.05) is 24.4 Å². The first-order valence-electron chi connectivity index (χ1n) is 5.85. The zero-order chi connectivity index (χ0) is 11.5. The number of rotatable bonds is 3. The predicted molar refractivity (Wildman–Crippen MR) is 68.1 cm³/mol. The van der Waals surface area contributed by atoms with Crippen molar-refractivity contribution >= 4 is 17.3 Å². The number of nitrogens with two attached hydrogens (primary N) is 1. The summed E-state index contributed by atoms with van der Waals surface area (Å²) < 4.78 is 5.82. The summed E-state index contributed by atoms with van der Waals surface area (Å²) in [5.41, 5.74) is 7.39. The highest BCUT2D eigenvalue weighted by molar-refractivity contribution is 6.33. The van der Waals surface area contributed by atoms with Crippen LogP contribution in [0.1, 0.15) is 31.2 Å². The van der Waals surface area contributed by atoms with Crippen molar-refractivity contribution in [2.24, 2.45) is 5.92 Å². The highest BCUT2D eigenvalue weighted by Gasteiger charge is 2.16. The average Bonchev–Trinajstić information content (AvgIpc) is 2.74. The van der Waals surface area contributed by atoms with Gasteiger partial charge in [-0.3, -0.25) is 0 Å². The van der Waals surface area contributed by atoms with Gasteiger partial charge in [-0.05, 0) is 37.3 Å². The molecule has 2 rings (SSSR count). The molecule has 1 fully saturated rings. The van der Waals surface area contributed by atoms with Gasteiger partial charge in [-0.2, -0.15) is 0 Å². The molecule has 0 bridgehead atoms. The first-order valence-corrected chi connectivity index (χ1v) is 6.23. The van der Waals surface area contributed by atoms with E-state index in [1.807, 2.05) is 19.1 Å². The third-order valence-electron chi connectivity index (χ3n) is 3.24. The van der Waals surface area contributed by atoms with Crippen molar-refractivity contribution in [2.75, 3.05) is 12.3 Å². The van der Waals surface area contributed by atoms with Crippen LogP contribution in [0.4, 0.5) is 5.69 Å². The van der Waals surface area contributed by atoms with Gasteiger partial charge >= 0.3 is 0 Å². The van der Waals surface area contributed by atoms with E-state index in [0.29, 0.717) is 10.7 Å². The minimum Gasteiger partial charge on any atom is -0.493 e. The fourth-order valence-electron chi connectivity index (χ4n) is 2.23. The van der Waals surface area contributed by atoms with Crippen LogP contribution in [0.3, 0.4) is 0 Å². The lowest BCUT2D eigenvalue weighted by atomic mass is 10.1. The molecule has 0 aromatic heterocycles. The van der Waals surface area contributed by atoms with Crippen LogP contribution in [0, 0.1) is 12.8 Å². The third kappa shape index (κ3) is 2.62. The molecular formula is C13H18ClNO. The minimum absolute atomic E-state index is 0.576. The van der Waals surface area contributed by atoms with Crippen molar-refractivity contribution in [3.63, 3.8) is 0 Å². The first kappa shape index (κ1) is 11.6. The molecule has 1 aliphatic carbocycles. The summed E-state index contributed by atoms with van der Waals surface area (Å²) in [5, 5.41) is 0.576. The van der Waals surface area contributed by atoms with Gasteiger partial charge in [0.1, 0.15) is 5.75 Å². The molecule has 1 aliphatic rings. The van der Waals surface area contributed by atoms with Gasteiger partial charge in [0.2, 0.25) is 0 Å². The van der Waals surface area contributed by atoms with Gasteiger partial charge in [0.25, 0.3) is 0 Å². The van der Waals surface area contributed by atoms with Crippen molar-refractivity contribution in [3.8, 4) is 5.75 Å².